The van der Waals surface area contributed by atoms with Gasteiger partial charge in [-0.1, -0.05) is 72.3 Å². The zero-order chi connectivity index (χ0) is 34.8. The summed E-state index contributed by atoms with van der Waals surface area (Å²) in [4.78, 5) is 41.5. The van der Waals surface area contributed by atoms with Gasteiger partial charge < -0.3 is 25.4 Å². The molecule has 3 amide bonds. The SMILES string of the molecule is COc1ccc(OC)c(/C=C(/NC(=O)c2ccccc2)C(=O)Nc2cccc(SC(C(=O)Nc3ccc(C)cc3C)c3ccccc3)c2)c1. The fraction of sp³-hybridized carbons (Fsp3) is 0.125. The molecule has 1 unspecified atom stereocenters. The van der Waals surface area contributed by atoms with Gasteiger partial charge >= 0.3 is 0 Å². The van der Waals surface area contributed by atoms with Crippen LogP contribution in [0.4, 0.5) is 11.4 Å². The van der Waals surface area contributed by atoms with E-state index in [0.29, 0.717) is 28.3 Å². The number of anilines is 2. The second-order valence-corrected chi connectivity index (χ2v) is 12.4. The standard InChI is InChI=1S/C40H37N3O5S/c1-26-18-20-34(27(2)22-26)42-40(46)37(28-12-7-5-8-13-28)49-33-17-11-16-31(25-33)41-39(45)35(43-38(44)29-14-9-6-10-15-29)24-30-23-32(47-3)19-21-36(30)48-4/h5-25,37H,1-4H3,(H,41,45)(H,42,46)(H,43,44)/b35-24+. The molecule has 5 aromatic rings. The lowest BCUT2D eigenvalue weighted by Gasteiger charge is -2.19. The van der Waals surface area contributed by atoms with E-state index >= 15 is 0 Å². The maximum atomic E-state index is 13.8. The third-order valence-corrected chi connectivity index (χ3v) is 8.84. The van der Waals surface area contributed by atoms with E-state index in [1.165, 1.54) is 18.9 Å². The van der Waals surface area contributed by atoms with Gasteiger partial charge in [0, 0.05) is 27.4 Å². The van der Waals surface area contributed by atoms with Crippen molar-refractivity contribution >= 4 is 46.9 Å². The first-order valence-corrected chi connectivity index (χ1v) is 16.4. The molecule has 0 aromatic heterocycles. The summed E-state index contributed by atoms with van der Waals surface area (Å²) >= 11 is 1.37. The fourth-order valence-electron chi connectivity index (χ4n) is 5.08. The maximum absolute atomic E-state index is 13.8. The van der Waals surface area contributed by atoms with Crippen molar-refractivity contribution in [1.29, 1.82) is 0 Å². The number of hydrogen-bond donors (Lipinski definition) is 3. The number of carbonyl (C=O) groups is 3. The number of nitrogens with one attached hydrogen (secondary N) is 3. The minimum atomic E-state index is -0.575. The van der Waals surface area contributed by atoms with E-state index in [1.807, 2.05) is 74.5 Å². The predicted molar refractivity (Wildman–Crippen MR) is 196 cm³/mol. The van der Waals surface area contributed by atoms with E-state index in [0.717, 1.165) is 27.3 Å². The van der Waals surface area contributed by atoms with E-state index in [4.69, 9.17) is 9.47 Å². The number of carbonyl (C=O) groups excluding carboxylic acids is 3. The first kappa shape index (κ1) is 34.5. The molecule has 0 fully saturated rings. The van der Waals surface area contributed by atoms with Gasteiger partial charge in [-0.25, -0.2) is 0 Å². The predicted octanol–water partition coefficient (Wildman–Crippen LogP) is 8.20. The summed E-state index contributed by atoms with van der Waals surface area (Å²) in [6.45, 7) is 3.98. The highest BCUT2D eigenvalue weighted by atomic mass is 32.2. The van der Waals surface area contributed by atoms with E-state index < -0.39 is 17.1 Å². The van der Waals surface area contributed by atoms with Gasteiger partial charge in [0.15, 0.2) is 0 Å². The Morgan fingerprint density at radius 3 is 2.16 bits per heavy atom. The van der Waals surface area contributed by atoms with Gasteiger partial charge in [0.05, 0.1) is 14.2 Å². The highest BCUT2D eigenvalue weighted by molar-refractivity contribution is 8.00. The Bertz CT molecular complexity index is 1980. The molecule has 1 atom stereocenters. The molecule has 0 aliphatic heterocycles. The van der Waals surface area contributed by atoms with Crippen molar-refractivity contribution in [3.63, 3.8) is 0 Å². The minimum Gasteiger partial charge on any atom is -0.497 e. The number of rotatable bonds is 12. The van der Waals surface area contributed by atoms with Gasteiger partial charge in [0.1, 0.15) is 22.4 Å². The van der Waals surface area contributed by atoms with E-state index in [1.54, 1.807) is 73.8 Å². The molecule has 0 radical (unpaired) electrons. The van der Waals surface area contributed by atoms with Gasteiger partial charge in [-0.2, -0.15) is 0 Å². The van der Waals surface area contributed by atoms with Gasteiger partial charge in [-0.15, -0.1) is 11.8 Å². The lowest BCUT2D eigenvalue weighted by Crippen LogP contribution is -2.30. The Hall–Kier alpha value is -5.80. The van der Waals surface area contributed by atoms with Crippen LogP contribution in [-0.2, 0) is 9.59 Å². The maximum Gasteiger partial charge on any atom is 0.272 e. The Morgan fingerprint density at radius 2 is 1.47 bits per heavy atom. The molecule has 0 bridgehead atoms. The molecule has 0 saturated heterocycles. The highest BCUT2D eigenvalue weighted by Gasteiger charge is 2.23. The number of thioether (sulfide) groups is 1. The molecular weight excluding hydrogens is 635 g/mol. The van der Waals surface area contributed by atoms with Crippen molar-refractivity contribution in [2.45, 2.75) is 24.0 Å². The number of methoxy groups -OCH3 is 2. The van der Waals surface area contributed by atoms with Crippen LogP contribution in [0.2, 0.25) is 0 Å². The van der Waals surface area contributed by atoms with Gasteiger partial charge in [-0.05, 0) is 85.6 Å². The number of amides is 3. The molecule has 0 saturated carbocycles. The third-order valence-electron chi connectivity index (χ3n) is 7.59. The van der Waals surface area contributed by atoms with E-state index in [2.05, 4.69) is 16.0 Å². The third kappa shape index (κ3) is 9.18. The van der Waals surface area contributed by atoms with Gasteiger partial charge in [-0.3, -0.25) is 14.4 Å². The summed E-state index contributed by atoms with van der Waals surface area (Å²) in [5, 5.41) is 8.19. The summed E-state index contributed by atoms with van der Waals surface area (Å²) < 4.78 is 10.9. The largest absolute Gasteiger partial charge is 0.497 e. The molecule has 5 aromatic carbocycles. The zero-order valence-electron chi connectivity index (χ0n) is 27.7. The summed E-state index contributed by atoms with van der Waals surface area (Å²) in [5.41, 5.74) is 5.08. The second kappa shape index (κ2) is 16.3. The molecule has 248 valence electrons. The monoisotopic (exact) mass is 671 g/mol. The Labute approximate surface area is 290 Å². The Kier molecular flexibility index (Phi) is 11.5. The first-order chi connectivity index (χ1) is 23.7. The topological polar surface area (TPSA) is 106 Å². The lowest BCUT2D eigenvalue weighted by atomic mass is 10.1. The molecule has 3 N–H and O–H groups in total. The Balaban J connectivity index is 1.42. The zero-order valence-corrected chi connectivity index (χ0v) is 28.5. The van der Waals surface area contributed by atoms with Crippen LogP contribution < -0.4 is 25.4 Å². The molecule has 0 heterocycles. The van der Waals surface area contributed by atoms with Crippen LogP contribution in [0.5, 0.6) is 11.5 Å². The van der Waals surface area contributed by atoms with Crippen molar-refractivity contribution in [3.8, 4) is 11.5 Å². The summed E-state index contributed by atoms with van der Waals surface area (Å²) in [7, 11) is 3.07. The van der Waals surface area contributed by atoms with Gasteiger partial charge in [0.2, 0.25) is 5.91 Å². The van der Waals surface area contributed by atoms with Gasteiger partial charge in [0.25, 0.3) is 11.8 Å². The molecule has 5 rings (SSSR count). The number of benzene rings is 5. The number of ether oxygens (including phenoxy) is 2. The lowest BCUT2D eigenvalue weighted by molar-refractivity contribution is -0.116. The average molecular weight is 672 g/mol. The highest BCUT2D eigenvalue weighted by Crippen LogP contribution is 2.37. The van der Waals surface area contributed by atoms with Crippen LogP contribution in [0.1, 0.15) is 37.9 Å². The van der Waals surface area contributed by atoms with Crippen LogP contribution in [0.3, 0.4) is 0 Å². The van der Waals surface area contributed by atoms with Crippen molar-refractivity contribution in [2.24, 2.45) is 0 Å². The second-order valence-electron chi connectivity index (χ2n) is 11.2. The number of hydrogen-bond acceptors (Lipinski definition) is 6. The molecule has 49 heavy (non-hydrogen) atoms. The van der Waals surface area contributed by atoms with Crippen molar-refractivity contribution in [1.82, 2.24) is 5.32 Å². The summed E-state index contributed by atoms with van der Waals surface area (Å²) in [5.74, 6) is -0.124. The Morgan fingerprint density at radius 1 is 0.735 bits per heavy atom. The average Bonchev–Trinajstić information content (AvgIpc) is 3.12. The molecule has 0 aliphatic carbocycles. The molecule has 0 spiro atoms. The van der Waals surface area contributed by atoms with Crippen LogP contribution in [0.25, 0.3) is 6.08 Å². The van der Waals surface area contributed by atoms with Crippen LogP contribution in [0.15, 0.2) is 132 Å². The molecule has 9 heteroatoms. The molecule has 8 nitrogen and oxygen atoms in total. The van der Waals surface area contributed by atoms with Crippen molar-refractivity contribution < 1.29 is 23.9 Å². The summed E-state index contributed by atoms with van der Waals surface area (Å²) in [6.07, 6.45) is 1.54. The van der Waals surface area contributed by atoms with E-state index in [9.17, 15) is 14.4 Å². The van der Waals surface area contributed by atoms with Crippen molar-refractivity contribution in [3.05, 3.63) is 155 Å². The van der Waals surface area contributed by atoms with Crippen LogP contribution in [-0.4, -0.2) is 31.9 Å². The molecule has 0 aliphatic rings. The normalized spacial score (nSPS) is 11.6. The summed E-state index contributed by atoms with van der Waals surface area (Å²) in [6, 6.07) is 36.5. The van der Waals surface area contributed by atoms with Crippen LogP contribution in [0, 0.1) is 13.8 Å². The minimum absolute atomic E-state index is 0.00605. The quantitative estimate of drug-likeness (QED) is 0.0913. The van der Waals surface area contributed by atoms with E-state index in [-0.39, 0.29) is 11.6 Å². The first-order valence-electron chi connectivity index (χ1n) is 15.6. The number of aryl methyl sites for hydroxylation is 2. The van der Waals surface area contributed by atoms with Crippen molar-refractivity contribution in [2.75, 3.05) is 24.9 Å². The molecular formula is C40H37N3O5S. The van der Waals surface area contributed by atoms with Crippen LogP contribution >= 0.6 is 11.8 Å². The fourth-order valence-corrected chi connectivity index (χ4v) is 6.17. The smallest absolute Gasteiger partial charge is 0.272 e.